The van der Waals surface area contributed by atoms with E-state index < -0.39 is 5.60 Å². The number of benzene rings is 1. The van der Waals surface area contributed by atoms with Gasteiger partial charge in [-0.05, 0) is 43.9 Å². The third-order valence-corrected chi connectivity index (χ3v) is 3.15. The van der Waals surface area contributed by atoms with Gasteiger partial charge in [0.15, 0.2) is 0 Å². The molecule has 1 aromatic carbocycles. The molecule has 0 aromatic heterocycles. The average Bonchev–Trinajstić information content (AvgIpc) is 2.25. The number of hydrogen-bond acceptors (Lipinski definition) is 3. The van der Waals surface area contributed by atoms with Crippen molar-refractivity contribution in [2.45, 2.75) is 46.3 Å². The van der Waals surface area contributed by atoms with Crippen LogP contribution in [0.5, 0.6) is 5.75 Å². The number of phenols is 1. The van der Waals surface area contributed by atoms with Crippen molar-refractivity contribution in [1.82, 2.24) is 5.32 Å². The van der Waals surface area contributed by atoms with Crippen LogP contribution in [0.1, 0.15) is 37.0 Å². The fraction of sp³-hybridized carbons (Fsp3) is 0.571. The Morgan fingerprint density at radius 3 is 2.24 bits per heavy atom. The number of hydrogen-bond donors (Lipinski definition) is 3. The molecule has 17 heavy (non-hydrogen) atoms. The number of aryl methyl sites for hydroxylation is 2. The minimum Gasteiger partial charge on any atom is -0.507 e. The highest BCUT2D eigenvalue weighted by Gasteiger charge is 2.16. The molecule has 0 saturated carbocycles. The molecule has 1 rings (SSSR count). The Hall–Kier alpha value is -1.06. The smallest absolute Gasteiger partial charge is 0.121 e. The summed E-state index contributed by atoms with van der Waals surface area (Å²) < 4.78 is 0. The highest BCUT2D eigenvalue weighted by atomic mass is 16.3. The van der Waals surface area contributed by atoms with E-state index in [2.05, 4.69) is 5.32 Å². The summed E-state index contributed by atoms with van der Waals surface area (Å²) in [5.41, 5.74) is 2.26. The van der Waals surface area contributed by atoms with Crippen LogP contribution in [0.4, 0.5) is 0 Å². The first-order valence-corrected chi connectivity index (χ1v) is 6.08. The van der Waals surface area contributed by atoms with Crippen LogP contribution in [0, 0.1) is 13.8 Å². The van der Waals surface area contributed by atoms with Crippen LogP contribution in [0.25, 0.3) is 0 Å². The Morgan fingerprint density at radius 1 is 1.24 bits per heavy atom. The van der Waals surface area contributed by atoms with Gasteiger partial charge in [-0.1, -0.05) is 19.1 Å². The summed E-state index contributed by atoms with van der Waals surface area (Å²) in [7, 11) is 0. The molecule has 96 valence electrons. The Bertz CT molecular complexity index is 363. The Labute approximate surface area is 103 Å². The maximum Gasteiger partial charge on any atom is 0.121 e. The molecule has 0 aliphatic rings. The van der Waals surface area contributed by atoms with Gasteiger partial charge in [0.1, 0.15) is 5.75 Å². The van der Waals surface area contributed by atoms with Crippen molar-refractivity contribution in [3.8, 4) is 5.75 Å². The lowest BCUT2D eigenvalue weighted by molar-refractivity contribution is 0.0555. The third-order valence-electron chi connectivity index (χ3n) is 3.15. The second-order valence-electron chi connectivity index (χ2n) is 5.03. The SMILES string of the molecule is CCC(C)(O)CNCc1cc(C)c(O)c(C)c1. The topological polar surface area (TPSA) is 52.5 Å². The molecule has 0 saturated heterocycles. The molecule has 0 aliphatic carbocycles. The van der Waals surface area contributed by atoms with E-state index >= 15 is 0 Å². The quantitative estimate of drug-likeness (QED) is 0.736. The summed E-state index contributed by atoms with van der Waals surface area (Å²) in [6.45, 7) is 8.87. The molecule has 0 heterocycles. The first-order chi connectivity index (χ1) is 7.85. The van der Waals surface area contributed by atoms with Crippen LogP contribution in [-0.4, -0.2) is 22.4 Å². The van der Waals surface area contributed by atoms with Gasteiger partial charge < -0.3 is 15.5 Å². The summed E-state index contributed by atoms with van der Waals surface area (Å²) in [6.07, 6.45) is 0.730. The normalized spacial score (nSPS) is 14.6. The molecule has 1 atom stereocenters. The Balaban J connectivity index is 2.59. The molecule has 1 aromatic rings. The molecule has 0 spiro atoms. The van der Waals surface area contributed by atoms with Gasteiger partial charge in [-0.3, -0.25) is 0 Å². The van der Waals surface area contributed by atoms with E-state index in [9.17, 15) is 10.2 Å². The van der Waals surface area contributed by atoms with Gasteiger partial charge >= 0.3 is 0 Å². The van der Waals surface area contributed by atoms with E-state index in [0.29, 0.717) is 18.8 Å². The van der Waals surface area contributed by atoms with Crippen LogP contribution < -0.4 is 5.32 Å². The second kappa shape index (κ2) is 5.52. The van der Waals surface area contributed by atoms with Gasteiger partial charge in [0.25, 0.3) is 0 Å². The van der Waals surface area contributed by atoms with Gasteiger partial charge in [0, 0.05) is 13.1 Å². The lowest BCUT2D eigenvalue weighted by atomic mass is 10.0. The second-order valence-corrected chi connectivity index (χ2v) is 5.03. The minimum atomic E-state index is -0.652. The number of aromatic hydroxyl groups is 1. The van der Waals surface area contributed by atoms with Gasteiger partial charge in [-0.25, -0.2) is 0 Å². The van der Waals surface area contributed by atoms with Crippen LogP contribution in [0.2, 0.25) is 0 Å². The fourth-order valence-corrected chi connectivity index (χ4v) is 1.75. The molecule has 3 heteroatoms. The number of phenolic OH excluding ortho intramolecular Hbond substituents is 1. The molecular weight excluding hydrogens is 214 g/mol. The van der Waals surface area contributed by atoms with E-state index in [1.54, 1.807) is 0 Å². The van der Waals surface area contributed by atoms with Crippen molar-refractivity contribution in [2.24, 2.45) is 0 Å². The molecular formula is C14H23NO2. The summed E-state index contributed by atoms with van der Waals surface area (Å²) in [5, 5.41) is 22.8. The summed E-state index contributed by atoms with van der Waals surface area (Å²) in [5.74, 6) is 0.370. The largest absolute Gasteiger partial charge is 0.507 e. The molecule has 1 unspecified atom stereocenters. The molecule has 0 aliphatic heterocycles. The standard InChI is InChI=1S/C14H23NO2/c1-5-14(4,17)9-15-8-12-6-10(2)13(16)11(3)7-12/h6-7,15-17H,5,8-9H2,1-4H3. The molecule has 0 bridgehead atoms. The van der Waals surface area contributed by atoms with Crippen molar-refractivity contribution in [2.75, 3.05) is 6.54 Å². The lowest BCUT2D eigenvalue weighted by Crippen LogP contribution is -2.36. The molecule has 0 fully saturated rings. The van der Waals surface area contributed by atoms with Gasteiger partial charge in [-0.2, -0.15) is 0 Å². The number of aliphatic hydroxyl groups is 1. The van der Waals surface area contributed by atoms with Crippen molar-refractivity contribution in [1.29, 1.82) is 0 Å². The van der Waals surface area contributed by atoms with Crippen LogP contribution in [-0.2, 0) is 6.54 Å². The average molecular weight is 237 g/mol. The van der Waals surface area contributed by atoms with E-state index in [1.807, 2.05) is 39.8 Å². The first-order valence-electron chi connectivity index (χ1n) is 6.08. The first kappa shape index (κ1) is 14.0. The van der Waals surface area contributed by atoms with Crippen molar-refractivity contribution in [3.05, 3.63) is 28.8 Å². The summed E-state index contributed by atoms with van der Waals surface area (Å²) in [4.78, 5) is 0. The predicted octanol–water partition coefficient (Wildman–Crippen LogP) is 2.26. The van der Waals surface area contributed by atoms with Crippen molar-refractivity contribution < 1.29 is 10.2 Å². The molecule has 0 amide bonds. The predicted molar refractivity (Wildman–Crippen MR) is 70.2 cm³/mol. The maximum absolute atomic E-state index is 9.85. The molecule has 3 N–H and O–H groups in total. The Morgan fingerprint density at radius 2 is 1.76 bits per heavy atom. The van der Waals surface area contributed by atoms with Crippen molar-refractivity contribution >= 4 is 0 Å². The fourth-order valence-electron chi connectivity index (χ4n) is 1.75. The minimum absolute atomic E-state index is 0.370. The summed E-state index contributed by atoms with van der Waals surface area (Å²) in [6, 6.07) is 3.94. The third kappa shape index (κ3) is 4.02. The zero-order chi connectivity index (χ0) is 13.1. The molecule has 0 radical (unpaired) electrons. The number of rotatable bonds is 5. The monoisotopic (exact) mass is 237 g/mol. The maximum atomic E-state index is 9.85. The van der Waals surface area contributed by atoms with Gasteiger partial charge in [-0.15, -0.1) is 0 Å². The highest BCUT2D eigenvalue weighted by molar-refractivity contribution is 5.42. The molecule has 3 nitrogen and oxygen atoms in total. The Kier molecular flexibility index (Phi) is 4.54. The van der Waals surface area contributed by atoms with Crippen molar-refractivity contribution in [3.63, 3.8) is 0 Å². The highest BCUT2D eigenvalue weighted by Crippen LogP contribution is 2.22. The van der Waals surface area contributed by atoms with E-state index in [0.717, 1.165) is 23.1 Å². The van der Waals surface area contributed by atoms with Gasteiger partial charge in [0.05, 0.1) is 5.60 Å². The van der Waals surface area contributed by atoms with Crippen LogP contribution >= 0.6 is 0 Å². The number of nitrogens with one attached hydrogen (secondary N) is 1. The lowest BCUT2D eigenvalue weighted by Gasteiger charge is -2.21. The van der Waals surface area contributed by atoms with Gasteiger partial charge in [0.2, 0.25) is 0 Å². The zero-order valence-corrected chi connectivity index (χ0v) is 11.2. The zero-order valence-electron chi connectivity index (χ0n) is 11.2. The van der Waals surface area contributed by atoms with Crippen LogP contribution in [0.15, 0.2) is 12.1 Å². The summed E-state index contributed by atoms with van der Waals surface area (Å²) >= 11 is 0. The van der Waals surface area contributed by atoms with Crippen LogP contribution in [0.3, 0.4) is 0 Å². The van der Waals surface area contributed by atoms with E-state index in [-0.39, 0.29) is 0 Å². The van der Waals surface area contributed by atoms with E-state index in [1.165, 1.54) is 0 Å². The van der Waals surface area contributed by atoms with E-state index in [4.69, 9.17) is 0 Å².